The smallest absolute Gasteiger partial charge is 0.224 e. The number of benzene rings is 1. The molecule has 0 spiro atoms. The lowest BCUT2D eigenvalue weighted by Crippen LogP contribution is -2.46. The fourth-order valence-electron chi connectivity index (χ4n) is 4.20. The molecule has 152 valence electrons. The Morgan fingerprint density at radius 2 is 1.97 bits per heavy atom. The Bertz CT molecular complexity index is 986. The molecule has 29 heavy (non-hydrogen) atoms. The van der Waals surface area contributed by atoms with Gasteiger partial charge in [0.05, 0.1) is 29.2 Å². The van der Waals surface area contributed by atoms with Gasteiger partial charge in [-0.25, -0.2) is 15.0 Å². The summed E-state index contributed by atoms with van der Waals surface area (Å²) in [6.07, 6.45) is 4.94. The van der Waals surface area contributed by atoms with E-state index >= 15 is 0 Å². The van der Waals surface area contributed by atoms with Gasteiger partial charge in [0, 0.05) is 38.3 Å². The van der Waals surface area contributed by atoms with Crippen LogP contribution in [0.1, 0.15) is 37.6 Å². The van der Waals surface area contributed by atoms with E-state index in [-0.39, 0.29) is 6.10 Å². The molecule has 1 fully saturated rings. The number of oxazole rings is 1. The summed E-state index contributed by atoms with van der Waals surface area (Å²) >= 11 is 0. The van der Waals surface area contributed by atoms with E-state index in [2.05, 4.69) is 43.0 Å². The van der Waals surface area contributed by atoms with Gasteiger partial charge in [0.1, 0.15) is 12.1 Å². The van der Waals surface area contributed by atoms with E-state index in [1.165, 1.54) is 17.8 Å². The number of ether oxygens (including phenoxy) is 1. The third kappa shape index (κ3) is 3.79. The van der Waals surface area contributed by atoms with Gasteiger partial charge in [0.15, 0.2) is 0 Å². The van der Waals surface area contributed by atoms with Gasteiger partial charge in [-0.2, -0.15) is 0 Å². The highest BCUT2D eigenvalue weighted by atomic mass is 16.5. The number of anilines is 1. The number of aryl methyl sites for hydroxylation is 2. The summed E-state index contributed by atoms with van der Waals surface area (Å²) in [7, 11) is 0. The number of rotatable bonds is 5. The van der Waals surface area contributed by atoms with Crippen molar-refractivity contribution in [1.82, 2.24) is 19.9 Å². The average molecular weight is 393 g/mol. The van der Waals surface area contributed by atoms with Crippen molar-refractivity contribution in [2.75, 3.05) is 31.1 Å². The molecule has 0 amide bonds. The monoisotopic (exact) mass is 393 g/mol. The molecule has 1 aromatic carbocycles. The van der Waals surface area contributed by atoms with E-state index in [1.54, 1.807) is 6.33 Å². The van der Waals surface area contributed by atoms with Crippen molar-refractivity contribution >= 4 is 16.6 Å². The topological polar surface area (TPSA) is 67.5 Å². The van der Waals surface area contributed by atoms with E-state index < -0.39 is 0 Å². The van der Waals surface area contributed by atoms with Crippen molar-refractivity contribution in [3.05, 3.63) is 41.9 Å². The van der Waals surface area contributed by atoms with E-state index in [0.29, 0.717) is 5.88 Å². The molecule has 2 aromatic heterocycles. The summed E-state index contributed by atoms with van der Waals surface area (Å²) < 4.78 is 11.8. The molecule has 0 unspecified atom stereocenters. The Labute approximate surface area is 170 Å². The van der Waals surface area contributed by atoms with E-state index in [0.717, 1.165) is 68.1 Å². The molecule has 1 aliphatic heterocycles. The van der Waals surface area contributed by atoms with Crippen LogP contribution in [0.4, 0.5) is 5.69 Å². The third-order valence-electron chi connectivity index (χ3n) is 5.67. The normalized spacial score (nSPS) is 17.3. The van der Waals surface area contributed by atoms with Crippen LogP contribution in [-0.2, 0) is 19.4 Å². The van der Waals surface area contributed by atoms with Gasteiger partial charge < -0.3 is 14.1 Å². The van der Waals surface area contributed by atoms with Crippen LogP contribution < -0.4 is 9.64 Å². The minimum absolute atomic E-state index is 0.0804. The first-order valence-electron chi connectivity index (χ1n) is 10.5. The molecule has 2 aliphatic rings. The molecule has 7 heteroatoms. The number of nitrogens with zero attached hydrogens (tertiary/aromatic N) is 5. The first-order valence-corrected chi connectivity index (χ1v) is 10.5. The molecule has 0 atom stereocenters. The number of hydrogen-bond acceptors (Lipinski definition) is 7. The van der Waals surface area contributed by atoms with Crippen LogP contribution in [0.15, 0.2) is 28.9 Å². The molecular formula is C22H27N5O2. The predicted molar refractivity (Wildman–Crippen MR) is 111 cm³/mol. The first-order chi connectivity index (χ1) is 14.2. The molecular weight excluding hydrogens is 366 g/mol. The van der Waals surface area contributed by atoms with E-state index in [9.17, 15) is 0 Å². The number of hydrogen-bond donors (Lipinski definition) is 0. The van der Waals surface area contributed by atoms with Crippen molar-refractivity contribution in [3.8, 4) is 5.88 Å². The van der Waals surface area contributed by atoms with Crippen molar-refractivity contribution in [3.63, 3.8) is 0 Å². The lowest BCUT2D eigenvalue weighted by atomic mass is 10.2. The van der Waals surface area contributed by atoms with Crippen molar-refractivity contribution in [1.29, 1.82) is 0 Å². The number of fused-ring (bicyclic) bond motifs is 2. The highest BCUT2D eigenvalue weighted by molar-refractivity contribution is 5.86. The molecule has 0 saturated carbocycles. The minimum Gasteiger partial charge on any atom is -0.474 e. The van der Waals surface area contributed by atoms with Crippen molar-refractivity contribution in [2.24, 2.45) is 0 Å². The summed E-state index contributed by atoms with van der Waals surface area (Å²) in [6.45, 7) is 8.76. The first kappa shape index (κ1) is 18.4. The molecule has 0 radical (unpaired) electrons. The summed E-state index contributed by atoms with van der Waals surface area (Å²) in [5.41, 5.74) is 3.28. The summed E-state index contributed by atoms with van der Waals surface area (Å²) in [6, 6.07) is 6.35. The predicted octanol–water partition coefficient (Wildman–Crippen LogP) is 3.22. The zero-order valence-electron chi connectivity index (χ0n) is 17.1. The maximum Gasteiger partial charge on any atom is 0.224 e. The van der Waals surface area contributed by atoms with Gasteiger partial charge in [0.25, 0.3) is 0 Å². The molecule has 0 N–H and O–H groups in total. The number of aromatic nitrogens is 3. The van der Waals surface area contributed by atoms with Crippen LogP contribution in [0.25, 0.3) is 10.9 Å². The van der Waals surface area contributed by atoms with Crippen molar-refractivity contribution < 1.29 is 9.15 Å². The number of piperazine rings is 1. The lowest BCUT2D eigenvalue weighted by molar-refractivity contribution is 0.224. The highest BCUT2D eigenvalue weighted by Gasteiger charge is 2.23. The maximum atomic E-state index is 5.94. The van der Waals surface area contributed by atoms with Gasteiger partial charge in [-0.3, -0.25) is 4.90 Å². The molecule has 7 nitrogen and oxygen atoms in total. The molecule has 3 heterocycles. The standard InChI is InChI=1S/C22H27N5O2/c1-15(2)28-22-17-12-16(6-7-18(17)23-14-24-22)27-10-8-26(9-11-27)13-21-25-19-4-3-5-20(19)29-21/h6-7,12,14-15H,3-5,8-11,13H2,1-2H3. The lowest BCUT2D eigenvalue weighted by Gasteiger charge is -2.35. The summed E-state index contributed by atoms with van der Waals surface area (Å²) in [5.74, 6) is 2.64. The quantitative estimate of drug-likeness (QED) is 0.659. The highest BCUT2D eigenvalue weighted by Crippen LogP contribution is 2.28. The van der Waals surface area contributed by atoms with Crippen LogP contribution in [0.2, 0.25) is 0 Å². The van der Waals surface area contributed by atoms with Gasteiger partial charge in [0.2, 0.25) is 11.8 Å². The van der Waals surface area contributed by atoms with Crippen LogP contribution >= 0.6 is 0 Å². The Morgan fingerprint density at radius 3 is 2.76 bits per heavy atom. The zero-order chi connectivity index (χ0) is 19.8. The minimum atomic E-state index is 0.0804. The fraction of sp³-hybridized carbons (Fsp3) is 0.500. The van der Waals surface area contributed by atoms with Crippen LogP contribution in [0.3, 0.4) is 0 Å². The summed E-state index contributed by atoms with van der Waals surface area (Å²) in [4.78, 5) is 18.2. The molecule has 5 rings (SSSR count). The fourth-order valence-corrected chi connectivity index (χ4v) is 4.20. The van der Waals surface area contributed by atoms with Gasteiger partial charge in [-0.05, 0) is 44.9 Å². The van der Waals surface area contributed by atoms with Gasteiger partial charge in [-0.1, -0.05) is 0 Å². The second-order valence-corrected chi connectivity index (χ2v) is 8.14. The Hall–Kier alpha value is -2.67. The maximum absolute atomic E-state index is 5.94. The zero-order valence-corrected chi connectivity index (χ0v) is 17.1. The van der Waals surface area contributed by atoms with Crippen LogP contribution in [0.5, 0.6) is 5.88 Å². The second-order valence-electron chi connectivity index (χ2n) is 8.14. The molecule has 0 bridgehead atoms. The third-order valence-corrected chi connectivity index (χ3v) is 5.67. The van der Waals surface area contributed by atoms with E-state index in [4.69, 9.17) is 9.15 Å². The Balaban J connectivity index is 1.27. The average Bonchev–Trinajstić information content (AvgIpc) is 3.30. The van der Waals surface area contributed by atoms with Gasteiger partial charge in [-0.15, -0.1) is 0 Å². The van der Waals surface area contributed by atoms with Crippen LogP contribution in [-0.4, -0.2) is 52.1 Å². The van der Waals surface area contributed by atoms with E-state index in [1.807, 2.05) is 13.8 Å². The SMILES string of the molecule is CC(C)Oc1ncnc2ccc(N3CCN(Cc4nc5c(o4)CCC5)CC3)cc12. The Kier molecular flexibility index (Phi) is 4.83. The molecule has 3 aromatic rings. The van der Waals surface area contributed by atoms with Crippen LogP contribution in [0, 0.1) is 0 Å². The summed E-state index contributed by atoms with van der Waals surface area (Å²) in [5, 5.41) is 0.968. The largest absolute Gasteiger partial charge is 0.474 e. The Morgan fingerprint density at radius 1 is 1.10 bits per heavy atom. The second kappa shape index (κ2) is 7.63. The molecule has 1 saturated heterocycles. The molecule has 1 aliphatic carbocycles. The van der Waals surface area contributed by atoms with Crippen molar-refractivity contribution in [2.45, 2.75) is 45.8 Å². The van der Waals surface area contributed by atoms with Gasteiger partial charge >= 0.3 is 0 Å².